The van der Waals surface area contributed by atoms with Gasteiger partial charge in [0.15, 0.2) is 0 Å². The van der Waals surface area contributed by atoms with Crippen LogP contribution in [-0.4, -0.2) is 6.04 Å². The second kappa shape index (κ2) is 3.81. The Kier molecular flexibility index (Phi) is 2.29. The van der Waals surface area contributed by atoms with E-state index in [0.717, 1.165) is 23.1 Å². The number of fused-ring (bicyclic) bond motifs is 3. The summed E-state index contributed by atoms with van der Waals surface area (Å²) in [6.07, 6.45) is 0.687. The highest BCUT2D eigenvalue weighted by molar-refractivity contribution is 5.80. The quantitative estimate of drug-likeness (QED) is 0.613. The van der Waals surface area contributed by atoms with Crippen LogP contribution in [0.15, 0.2) is 42.5 Å². The third-order valence-electron chi connectivity index (χ3n) is 3.28. The number of hydrogen-bond acceptors (Lipinski definition) is 1. The predicted molar refractivity (Wildman–Crippen MR) is 64.5 cm³/mol. The van der Waals surface area contributed by atoms with E-state index < -0.39 is 6.04 Å². The van der Waals surface area contributed by atoms with E-state index in [1.54, 1.807) is 0 Å². The van der Waals surface area contributed by atoms with Crippen molar-refractivity contribution in [2.24, 2.45) is 0 Å². The van der Waals surface area contributed by atoms with Gasteiger partial charge in [-0.05, 0) is 34.2 Å². The second-order valence-corrected chi connectivity index (χ2v) is 4.31. The first-order chi connectivity index (χ1) is 8.25. The van der Waals surface area contributed by atoms with E-state index in [1.165, 1.54) is 11.1 Å². The zero-order chi connectivity index (χ0) is 11.8. The van der Waals surface area contributed by atoms with Crippen LogP contribution in [-0.2, 0) is 17.6 Å². The Morgan fingerprint density at radius 3 is 2.65 bits per heavy atom. The molecule has 0 aromatic heterocycles. The molecule has 0 saturated heterocycles. The first kappa shape index (κ1) is 10.2. The molecule has 1 aliphatic rings. The second-order valence-electron chi connectivity index (χ2n) is 4.31. The van der Waals surface area contributed by atoms with Crippen molar-refractivity contribution in [3.05, 3.63) is 59.2 Å². The summed E-state index contributed by atoms with van der Waals surface area (Å²) in [5, 5.41) is 0. The van der Waals surface area contributed by atoms with Gasteiger partial charge in [-0.25, -0.2) is 0 Å². The lowest BCUT2D eigenvalue weighted by Gasteiger charge is -2.05. The van der Waals surface area contributed by atoms with Crippen LogP contribution in [0.5, 0.6) is 0 Å². The average molecular weight is 226 g/mol. The first-order valence-electron chi connectivity index (χ1n) is 5.63. The number of rotatable bonds is 2. The highest BCUT2D eigenvalue weighted by Gasteiger charge is 2.20. The molecule has 0 bridgehead atoms. The smallest absolute Gasteiger partial charge is 0.261 e. The van der Waals surface area contributed by atoms with Crippen LogP contribution in [0.25, 0.3) is 11.1 Å². The van der Waals surface area contributed by atoms with Gasteiger partial charge < -0.3 is 0 Å². The fourth-order valence-electron chi connectivity index (χ4n) is 2.54. The molecule has 0 radical (unpaired) electrons. The van der Waals surface area contributed by atoms with Crippen molar-refractivity contribution in [2.75, 3.05) is 0 Å². The molecule has 84 valence electrons. The van der Waals surface area contributed by atoms with Crippen LogP contribution < -0.4 is 0 Å². The summed E-state index contributed by atoms with van der Waals surface area (Å²) >= 11 is 0. The molecule has 3 rings (SSSR count). The van der Waals surface area contributed by atoms with E-state index in [0.29, 0.717) is 0 Å². The van der Waals surface area contributed by atoms with Crippen molar-refractivity contribution in [3.63, 3.8) is 0 Å². The fraction of sp³-hybridized carbons (Fsp3) is 0.133. The molecule has 0 aliphatic heterocycles. The molecule has 17 heavy (non-hydrogen) atoms. The zero-order valence-electron chi connectivity index (χ0n) is 9.24. The van der Waals surface area contributed by atoms with Crippen molar-refractivity contribution < 1.29 is 9.18 Å². The number of benzene rings is 2. The van der Waals surface area contributed by atoms with Gasteiger partial charge in [-0.1, -0.05) is 42.5 Å². The Morgan fingerprint density at radius 2 is 1.82 bits per heavy atom. The van der Waals surface area contributed by atoms with Crippen LogP contribution in [0.3, 0.4) is 0 Å². The van der Waals surface area contributed by atoms with Crippen molar-refractivity contribution in [3.8, 4) is 11.1 Å². The summed E-state index contributed by atoms with van der Waals surface area (Å²) in [4.78, 5) is 10.6. The van der Waals surface area contributed by atoms with Gasteiger partial charge in [0.25, 0.3) is 0 Å². The number of hydrogen-bond donors (Lipinski definition) is 0. The van der Waals surface area contributed by atoms with Gasteiger partial charge in [0, 0.05) is 0 Å². The van der Waals surface area contributed by atoms with Crippen molar-refractivity contribution >= 4 is 6.04 Å². The SMILES string of the molecule is O=C(F)Cc1cccc2c1Cc1ccccc1-2. The Bertz CT molecular complexity index is 602. The Hall–Kier alpha value is -1.96. The van der Waals surface area contributed by atoms with Gasteiger partial charge in [0.2, 0.25) is 0 Å². The first-order valence-corrected chi connectivity index (χ1v) is 5.63. The molecule has 0 amide bonds. The minimum absolute atomic E-state index is 0.114. The Morgan fingerprint density at radius 1 is 1.06 bits per heavy atom. The van der Waals surface area contributed by atoms with Crippen LogP contribution >= 0.6 is 0 Å². The Labute approximate surface area is 98.9 Å². The highest BCUT2D eigenvalue weighted by atomic mass is 19.1. The maximum Gasteiger partial charge on any atom is 0.305 e. The van der Waals surface area contributed by atoms with Crippen molar-refractivity contribution in [1.82, 2.24) is 0 Å². The van der Waals surface area contributed by atoms with Crippen molar-refractivity contribution in [1.29, 1.82) is 0 Å². The lowest BCUT2D eigenvalue weighted by atomic mass is 9.99. The summed E-state index contributed by atoms with van der Waals surface area (Å²) < 4.78 is 12.5. The van der Waals surface area contributed by atoms with E-state index in [-0.39, 0.29) is 6.42 Å². The summed E-state index contributed by atoms with van der Waals surface area (Å²) in [7, 11) is 0. The lowest BCUT2D eigenvalue weighted by Crippen LogP contribution is -1.99. The van der Waals surface area contributed by atoms with Gasteiger partial charge >= 0.3 is 6.04 Å². The number of carbonyl (C=O) groups is 1. The van der Waals surface area contributed by atoms with E-state index in [4.69, 9.17) is 0 Å². The predicted octanol–water partition coefficient (Wildman–Crippen LogP) is 3.30. The highest BCUT2D eigenvalue weighted by Crippen LogP contribution is 2.38. The largest absolute Gasteiger partial charge is 0.305 e. The molecule has 2 aromatic carbocycles. The third kappa shape index (κ3) is 1.66. The van der Waals surface area contributed by atoms with Gasteiger partial charge in [0.1, 0.15) is 0 Å². The van der Waals surface area contributed by atoms with Crippen LogP contribution in [0, 0.1) is 0 Å². The number of carbonyl (C=O) groups excluding carboxylic acids is 1. The molecule has 0 fully saturated rings. The van der Waals surface area contributed by atoms with E-state index in [9.17, 15) is 9.18 Å². The third-order valence-corrected chi connectivity index (χ3v) is 3.28. The molecule has 1 nitrogen and oxygen atoms in total. The molecule has 0 saturated carbocycles. The summed E-state index contributed by atoms with van der Waals surface area (Å²) in [5.41, 5.74) is 5.50. The molecule has 0 unspecified atom stereocenters. The molecule has 2 heteroatoms. The minimum atomic E-state index is -1.27. The summed E-state index contributed by atoms with van der Waals surface area (Å²) in [5.74, 6) is 0. The van der Waals surface area contributed by atoms with Crippen LogP contribution in [0.4, 0.5) is 4.39 Å². The van der Waals surface area contributed by atoms with Crippen LogP contribution in [0.1, 0.15) is 16.7 Å². The molecule has 2 aromatic rings. The normalized spacial score (nSPS) is 12.1. The topological polar surface area (TPSA) is 17.1 Å². The van der Waals surface area contributed by atoms with Gasteiger partial charge in [-0.3, -0.25) is 4.79 Å². The fourth-order valence-corrected chi connectivity index (χ4v) is 2.54. The van der Waals surface area contributed by atoms with E-state index in [2.05, 4.69) is 12.1 Å². The summed E-state index contributed by atoms with van der Waals surface area (Å²) in [6, 6.07) is 12.6. The van der Waals surface area contributed by atoms with Gasteiger partial charge in [-0.2, -0.15) is 4.39 Å². The van der Waals surface area contributed by atoms with Gasteiger partial charge in [-0.15, -0.1) is 0 Å². The van der Waals surface area contributed by atoms with E-state index >= 15 is 0 Å². The Balaban J connectivity index is 2.14. The standard InChI is InChI=1S/C15H11FO/c16-15(17)9-11-5-3-7-13-12-6-2-1-4-10(12)8-14(11)13/h1-7H,8-9H2. The molecule has 1 aliphatic carbocycles. The summed E-state index contributed by atoms with van der Waals surface area (Å²) in [6.45, 7) is 0. The average Bonchev–Trinajstić information content (AvgIpc) is 2.68. The maximum absolute atomic E-state index is 12.5. The van der Waals surface area contributed by atoms with Gasteiger partial charge in [0.05, 0.1) is 6.42 Å². The molecular weight excluding hydrogens is 215 g/mol. The van der Waals surface area contributed by atoms with E-state index in [1.807, 2.05) is 30.3 Å². The molecule has 0 N–H and O–H groups in total. The molecule has 0 spiro atoms. The molecule has 0 heterocycles. The zero-order valence-corrected chi connectivity index (χ0v) is 9.24. The monoisotopic (exact) mass is 226 g/mol. The number of halogens is 1. The molecule has 0 atom stereocenters. The molecular formula is C15H11FO. The van der Waals surface area contributed by atoms with Crippen LogP contribution in [0.2, 0.25) is 0 Å². The lowest BCUT2D eigenvalue weighted by molar-refractivity contribution is -0.128. The minimum Gasteiger partial charge on any atom is -0.261 e. The van der Waals surface area contributed by atoms with Crippen molar-refractivity contribution in [2.45, 2.75) is 12.8 Å². The maximum atomic E-state index is 12.5.